The number of alkyl halides is 6. The van der Waals surface area contributed by atoms with Crippen molar-refractivity contribution in [3.63, 3.8) is 0 Å². The predicted octanol–water partition coefficient (Wildman–Crippen LogP) is 2.63. The van der Waals surface area contributed by atoms with Crippen molar-refractivity contribution in [1.29, 1.82) is 0 Å². The number of halogens is 6. The van der Waals surface area contributed by atoms with Crippen molar-refractivity contribution in [3.05, 3.63) is 23.0 Å². The normalized spacial score (nSPS) is 12.2. The van der Waals surface area contributed by atoms with Gasteiger partial charge in [-0.05, 0) is 6.92 Å². The molecular weight excluding hydrogens is 322 g/mol. The number of carbonyl (C=O) groups excluding carboxylic acids is 1. The molecule has 1 heterocycles. The van der Waals surface area contributed by atoms with E-state index < -0.39 is 47.8 Å². The number of esters is 1. The molecule has 2 N–H and O–H groups in total. The van der Waals surface area contributed by atoms with Gasteiger partial charge in [0.05, 0.1) is 6.61 Å². The number of rotatable bonds is 4. The zero-order chi connectivity index (χ0) is 17.1. The Hall–Kier alpha value is -2.04. The number of nitrogens with two attached hydrogens (primary N) is 1. The molecule has 0 spiro atoms. The summed E-state index contributed by atoms with van der Waals surface area (Å²) in [7, 11) is 0. The summed E-state index contributed by atoms with van der Waals surface area (Å²) in [6.45, 7) is 0.246. The minimum absolute atomic E-state index is 0.198. The van der Waals surface area contributed by atoms with E-state index in [0.29, 0.717) is 6.07 Å². The molecule has 11 heteroatoms. The van der Waals surface area contributed by atoms with Gasteiger partial charge in [0.2, 0.25) is 0 Å². The Morgan fingerprint density at radius 3 is 2.27 bits per heavy atom. The van der Waals surface area contributed by atoms with Crippen LogP contribution in [0.1, 0.15) is 28.7 Å². The van der Waals surface area contributed by atoms with Crippen molar-refractivity contribution < 1.29 is 40.6 Å². The molecule has 0 bridgehead atoms. The highest BCUT2D eigenvalue weighted by Crippen LogP contribution is 2.37. The zero-order valence-electron chi connectivity index (χ0n) is 11.0. The molecule has 0 radical (unpaired) electrons. The van der Waals surface area contributed by atoms with Gasteiger partial charge in [0, 0.05) is 18.2 Å². The maximum atomic E-state index is 12.9. The highest BCUT2D eigenvalue weighted by atomic mass is 19.4. The lowest BCUT2D eigenvalue weighted by molar-refractivity contribution is -0.275. The van der Waals surface area contributed by atoms with E-state index in [0.717, 1.165) is 0 Å². The first-order chi connectivity index (χ1) is 9.99. The van der Waals surface area contributed by atoms with Gasteiger partial charge in [0.1, 0.15) is 5.75 Å². The van der Waals surface area contributed by atoms with Gasteiger partial charge in [0.25, 0.3) is 0 Å². The Kier molecular flexibility index (Phi) is 5.22. The SMILES string of the molecule is CCOC(=O)c1cc(OC(F)(F)F)c(CN)c(C(F)(F)F)n1. The topological polar surface area (TPSA) is 74.4 Å². The van der Waals surface area contributed by atoms with Gasteiger partial charge in [-0.2, -0.15) is 13.2 Å². The van der Waals surface area contributed by atoms with Gasteiger partial charge >= 0.3 is 18.5 Å². The van der Waals surface area contributed by atoms with Crippen molar-refractivity contribution in [2.45, 2.75) is 26.0 Å². The first kappa shape index (κ1) is 18.0. The summed E-state index contributed by atoms with van der Waals surface area (Å²) in [5.41, 5.74) is 1.33. The van der Waals surface area contributed by atoms with Gasteiger partial charge in [-0.3, -0.25) is 0 Å². The van der Waals surface area contributed by atoms with E-state index >= 15 is 0 Å². The number of nitrogens with zero attached hydrogens (tertiary/aromatic N) is 1. The molecule has 0 aliphatic carbocycles. The summed E-state index contributed by atoms with van der Waals surface area (Å²) < 4.78 is 83.4. The quantitative estimate of drug-likeness (QED) is 0.678. The number of ether oxygens (including phenoxy) is 2. The van der Waals surface area contributed by atoms with Gasteiger partial charge in [0.15, 0.2) is 11.4 Å². The van der Waals surface area contributed by atoms with Crippen LogP contribution in [-0.2, 0) is 17.5 Å². The summed E-state index contributed by atoms with van der Waals surface area (Å²) in [5.74, 6) is -2.57. The van der Waals surface area contributed by atoms with Crippen LogP contribution in [0.25, 0.3) is 0 Å². The maximum Gasteiger partial charge on any atom is 0.573 e. The highest BCUT2D eigenvalue weighted by Gasteiger charge is 2.40. The largest absolute Gasteiger partial charge is 0.573 e. The van der Waals surface area contributed by atoms with Gasteiger partial charge in [-0.1, -0.05) is 0 Å². The summed E-state index contributed by atoms with van der Waals surface area (Å²) in [6, 6.07) is 0.406. The third kappa shape index (κ3) is 4.48. The molecule has 5 nitrogen and oxygen atoms in total. The Labute approximate surface area is 120 Å². The average molecular weight is 332 g/mol. The molecule has 124 valence electrons. The number of hydrogen-bond donors (Lipinski definition) is 1. The van der Waals surface area contributed by atoms with Crippen molar-refractivity contribution in [2.24, 2.45) is 5.73 Å². The molecule has 0 saturated carbocycles. The fraction of sp³-hybridized carbons (Fsp3) is 0.455. The number of hydrogen-bond acceptors (Lipinski definition) is 5. The fourth-order valence-corrected chi connectivity index (χ4v) is 1.51. The molecule has 0 aromatic carbocycles. The minimum atomic E-state index is -5.26. The molecule has 0 aliphatic rings. The number of carbonyl (C=O) groups is 1. The van der Waals surface area contributed by atoms with Crippen LogP contribution in [-0.4, -0.2) is 23.9 Å². The number of aromatic nitrogens is 1. The third-order valence-electron chi connectivity index (χ3n) is 2.27. The molecular formula is C11H10F6N2O3. The second-order valence-electron chi connectivity index (χ2n) is 3.80. The van der Waals surface area contributed by atoms with E-state index in [1.807, 2.05) is 0 Å². The minimum Gasteiger partial charge on any atom is -0.461 e. The molecule has 1 rings (SSSR count). The Morgan fingerprint density at radius 1 is 1.27 bits per heavy atom. The lowest BCUT2D eigenvalue weighted by Gasteiger charge is -2.17. The maximum absolute atomic E-state index is 12.9. The molecule has 0 amide bonds. The molecule has 0 saturated heterocycles. The summed E-state index contributed by atoms with van der Waals surface area (Å²) >= 11 is 0. The van der Waals surface area contributed by atoms with Gasteiger partial charge < -0.3 is 15.2 Å². The Bertz CT molecular complexity index is 556. The van der Waals surface area contributed by atoms with E-state index in [-0.39, 0.29) is 6.61 Å². The molecule has 0 aliphatic heterocycles. The van der Waals surface area contributed by atoms with E-state index in [1.165, 1.54) is 6.92 Å². The first-order valence-electron chi connectivity index (χ1n) is 5.73. The predicted molar refractivity (Wildman–Crippen MR) is 59.8 cm³/mol. The summed E-state index contributed by atoms with van der Waals surface area (Å²) in [6.07, 6.45) is -10.4. The third-order valence-corrected chi connectivity index (χ3v) is 2.27. The summed E-state index contributed by atoms with van der Waals surface area (Å²) in [5, 5.41) is 0. The van der Waals surface area contributed by atoms with Crippen LogP contribution >= 0.6 is 0 Å². The van der Waals surface area contributed by atoms with Crippen LogP contribution in [0.15, 0.2) is 6.07 Å². The van der Waals surface area contributed by atoms with Crippen LogP contribution in [0.5, 0.6) is 5.75 Å². The number of pyridine rings is 1. The Morgan fingerprint density at radius 2 is 1.86 bits per heavy atom. The van der Waals surface area contributed by atoms with E-state index in [1.54, 1.807) is 0 Å². The second-order valence-corrected chi connectivity index (χ2v) is 3.80. The fourth-order valence-electron chi connectivity index (χ4n) is 1.51. The van der Waals surface area contributed by atoms with Crippen molar-refractivity contribution in [2.75, 3.05) is 6.61 Å². The van der Waals surface area contributed by atoms with E-state index in [4.69, 9.17) is 5.73 Å². The summed E-state index contributed by atoms with van der Waals surface area (Å²) in [4.78, 5) is 14.4. The molecule has 22 heavy (non-hydrogen) atoms. The van der Waals surface area contributed by atoms with Crippen molar-refractivity contribution in [1.82, 2.24) is 4.98 Å². The molecule has 0 unspecified atom stereocenters. The van der Waals surface area contributed by atoms with Gasteiger partial charge in [-0.15, -0.1) is 13.2 Å². The molecule has 1 aromatic rings. The van der Waals surface area contributed by atoms with Crippen molar-refractivity contribution in [3.8, 4) is 5.75 Å². The zero-order valence-corrected chi connectivity index (χ0v) is 11.0. The first-order valence-corrected chi connectivity index (χ1v) is 5.73. The second kappa shape index (κ2) is 6.38. The standard InChI is InChI=1S/C11H10F6N2O3/c1-2-21-9(20)6-3-7(22-11(15,16)17)5(4-18)8(19-6)10(12,13)14/h3H,2,4,18H2,1H3. The van der Waals surface area contributed by atoms with Crippen LogP contribution in [0.3, 0.4) is 0 Å². The molecule has 1 aromatic heterocycles. The van der Waals surface area contributed by atoms with Crippen LogP contribution in [0.4, 0.5) is 26.3 Å². The molecule has 0 atom stereocenters. The van der Waals surface area contributed by atoms with Crippen LogP contribution in [0, 0.1) is 0 Å². The lowest BCUT2D eigenvalue weighted by Crippen LogP contribution is -2.23. The highest BCUT2D eigenvalue weighted by molar-refractivity contribution is 5.88. The monoisotopic (exact) mass is 332 g/mol. The van der Waals surface area contributed by atoms with Crippen LogP contribution < -0.4 is 10.5 Å². The van der Waals surface area contributed by atoms with Crippen molar-refractivity contribution >= 4 is 5.97 Å². The van der Waals surface area contributed by atoms with Gasteiger partial charge in [-0.25, -0.2) is 9.78 Å². The lowest BCUT2D eigenvalue weighted by atomic mass is 10.1. The van der Waals surface area contributed by atoms with E-state index in [2.05, 4.69) is 14.5 Å². The Balaban J connectivity index is 3.51. The smallest absolute Gasteiger partial charge is 0.461 e. The average Bonchev–Trinajstić information content (AvgIpc) is 2.35. The van der Waals surface area contributed by atoms with Crippen LogP contribution in [0.2, 0.25) is 0 Å². The van der Waals surface area contributed by atoms with E-state index in [9.17, 15) is 31.1 Å². The molecule has 0 fully saturated rings.